The van der Waals surface area contributed by atoms with Gasteiger partial charge >= 0.3 is 0 Å². The van der Waals surface area contributed by atoms with E-state index in [1.165, 1.54) is 0 Å². The van der Waals surface area contributed by atoms with Gasteiger partial charge in [-0.2, -0.15) is 0 Å². The first-order valence-electron chi connectivity index (χ1n) is 6.22. The third kappa shape index (κ3) is 4.74. The quantitative estimate of drug-likeness (QED) is 0.787. The van der Waals surface area contributed by atoms with Gasteiger partial charge in [0.05, 0.1) is 12.3 Å². The summed E-state index contributed by atoms with van der Waals surface area (Å²) in [6.07, 6.45) is 0. The molecule has 21 heavy (non-hydrogen) atoms. The number of ether oxygens (including phenoxy) is 1. The molecule has 0 bridgehead atoms. The third-order valence-corrected chi connectivity index (χ3v) is 3.74. The van der Waals surface area contributed by atoms with E-state index < -0.39 is 0 Å². The summed E-state index contributed by atoms with van der Waals surface area (Å²) in [5.74, 6) is -0.243. The fraction of sp³-hybridized carbons (Fsp3) is 0.133. The van der Waals surface area contributed by atoms with Gasteiger partial charge in [-0.25, -0.2) is 0 Å². The second-order valence-corrected chi connectivity index (χ2v) is 5.63. The average molecular weight is 370 g/mol. The lowest BCUT2D eigenvalue weighted by atomic mass is 10.2. The molecule has 0 aliphatic heterocycles. The standard InChI is InChI=1S/C15H14BrClN2O2/c16-12-7-11(18)5-6-14(12)19-15(20)9-21-8-10-3-1-2-4-13(10)17/h1-7H,8-9,18H2,(H,19,20). The number of hydrogen-bond donors (Lipinski definition) is 2. The zero-order valence-corrected chi connectivity index (χ0v) is 13.4. The van der Waals surface area contributed by atoms with E-state index in [0.717, 1.165) is 10.0 Å². The van der Waals surface area contributed by atoms with E-state index in [9.17, 15) is 4.79 Å². The SMILES string of the molecule is Nc1ccc(NC(=O)COCc2ccccc2Cl)c(Br)c1. The van der Waals surface area contributed by atoms with E-state index in [0.29, 0.717) is 16.4 Å². The number of amides is 1. The van der Waals surface area contributed by atoms with Gasteiger partial charge in [-0.05, 0) is 45.8 Å². The lowest BCUT2D eigenvalue weighted by molar-refractivity contribution is -0.121. The number of nitrogens with two attached hydrogens (primary N) is 1. The van der Waals surface area contributed by atoms with Gasteiger partial charge in [0.15, 0.2) is 0 Å². The summed E-state index contributed by atoms with van der Waals surface area (Å²) < 4.78 is 6.09. The average Bonchev–Trinajstić information content (AvgIpc) is 2.44. The van der Waals surface area contributed by atoms with Gasteiger partial charge in [0.1, 0.15) is 6.61 Å². The molecule has 2 aromatic rings. The van der Waals surface area contributed by atoms with Gasteiger partial charge in [0, 0.05) is 15.2 Å². The van der Waals surface area contributed by atoms with Crippen LogP contribution in [0.25, 0.3) is 0 Å². The van der Waals surface area contributed by atoms with Crippen molar-refractivity contribution in [1.29, 1.82) is 0 Å². The van der Waals surface area contributed by atoms with Crippen molar-refractivity contribution in [2.75, 3.05) is 17.7 Å². The van der Waals surface area contributed by atoms with Crippen LogP contribution in [-0.2, 0) is 16.1 Å². The summed E-state index contributed by atoms with van der Waals surface area (Å²) in [4.78, 5) is 11.8. The highest BCUT2D eigenvalue weighted by atomic mass is 79.9. The second-order valence-electron chi connectivity index (χ2n) is 4.37. The maximum Gasteiger partial charge on any atom is 0.250 e. The van der Waals surface area contributed by atoms with E-state index in [1.807, 2.05) is 18.2 Å². The Morgan fingerprint density at radius 3 is 2.76 bits per heavy atom. The molecule has 0 spiro atoms. The normalized spacial score (nSPS) is 10.4. The van der Waals surface area contributed by atoms with Crippen LogP contribution in [0.15, 0.2) is 46.9 Å². The van der Waals surface area contributed by atoms with Crippen molar-refractivity contribution in [1.82, 2.24) is 0 Å². The number of benzene rings is 2. The topological polar surface area (TPSA) is 64.3 Å². The first-order chi connectivity index (χ1) is 10.1. The Kier molecular flexibility index (Phi) is 5.61. The molecule has 0 heterocycles. The molecule has 1 amide bonds. The maximum atomic E-state index is 11.8. The molecule has 110 valence electrons. The molecular weight excluding hydrogens is 356 g/mol. The summed E-state index contributed by atoms with van der Waals surface area (Å²) >= 11 is 9.34. The van der Waals surface area contributed by atoms with E-state index in [2.05, 4.69) is 21.2 Å². The van der Waals surface area contributed by atoms with E-state index in [1.54, 1.807) is 24.3 Å². The molecule has 3 N–H and O–H groups in total. The highest BCUT2D eigenvalue weighted by molar-refractivity contribution is 9.10. The van der Waals surface area contributed by atoms with Crippen molar-refractivity contribution in [2.45, 2.75) is 6.61 Å². The molecule has 0 saturated heterocycles. The zero-order chi connectivity index (χ0) is 15.2. The summed E-state index contributed by atoms with van der Waals surface area (Å²) in [5.41, 5.74) is 7.75. The smallest absolute Gasteiger partial charge is 0.250 e. The van der Waals surface area contributed by atoms with Crippen molar-refractivity contribution in [3.05, 3.63) is 57.5 Å². The summed E-state index contributed by atoms with van der Waals surface area (Å²) in [5, 5.41) is 3.36. The Balaban J connectivity index is 1.84. The highest BCUT2D eigenvalue weighted by Gasteiger charge is 2.07. The molecule has 0 fully saturated rings. The maximum absolute atomic E-state index is 11.8. The van der Waals surface area contributed by atoms with E-state index in [4.69, 9.17) is 22.1 Å². The Labute approximate surface area is 136 Å². The Hall–Kier alpha value is -1.56. The van der Waals surface area contributed by atoms with Crippen LogP contribution in [0.1, 0.15) is 5.56 Å². The molecule has 2 aromatic carbocycles. The minimum Gasteiger partial charge on any atom is -0.399 e. The molecule has 2 rings (SSSR count). The lowest BCUT2D eigenvalue weighted by Crippen LogP contribution is -2.18. The lowest BCUT2D eigenvalue weighted by Gasteiger charge is -2.09. The molecule has 0 atom stereocenters. The second kappa shape index (κ2) is 7.45. The molecule has 0 aliphatic rings. The van der Waals surface area contributed by atoms with Crippen molar-refractivity contribution in [2.24, 2.45) is 0 Å². The fourth-order valence-electron chi connectivity index (χ4n) is 1.69. The summed E-state index contributed by atoms with van der Waals surface area (Å²) in [6.45, 7) is 0.234. The fourth-order valence-corrected chi connectivity index (χ4v) is 2.37. The van der Waals surface area contributed by atoms with E-state index >= 15 is 0 Å². The van der Waals surface area contributed by atoms with Crippen LogP contribution in [0.3, 0.4) is 0 Å². The van der Waals surface area contributed by atoms with Crippen molar-refractivity contribution >= 4 is 44.8 Å². The van der Waals surface area contributed by atoms with Gasteiger partial charge in [0.25, 0.3) is 0 Å². The monoisotopic (exact) mass is 368 g/mol. The number of anilines is 2. The van der Waals surface area contributed by atoms with Crippen molar-refractivity contribution < 1.29 is 9.53 Å². The Bertz CT molecular complexity index is 649. The van der Waals surface area contributed by atoms with Crippen LogP contribution in [0, 0.1) is 0 Å². The van der Waals surface area contributed by atoms with Crippen LogP contribution in [-0.4, -0.2) is 12.5 Å². The van der Waals surface area contributed by atoms with Crippen LogP contribution in [0.4, 0.5) is 11.4 Å². The number of rotatable bonds is 5. The van der Waals surface area contributed by atoms with Gasteiger partial charge in [0.2, 0.25) is 5.91 Å². The molecule has 0 aliphatic carbocycles. The highest BCUT2D eigenvalue weighted by Crippen LogP contribution is 2.24. The Morgan fingerprint density at radius 1 is 1.29 bits per heavy atom. The largest absolute Gasteiger partial charge is 0.399 e. The van der Waals surface area contributed by atoms with Gasteiger partial charge in [-0.15, -0.1) is 0 Å². The van der Waals surface area contributed by atoms with Crippen molar-refractivity contribution in [3.8, 4) is 0 Å². The number of carbonyl (C=O) groups is 1. The zero-order valence-electron chi connectivity index (χ0n) is 11.1. The molecular formula is C15H14BrClN2O2. The molecule has 6 heteroatoms. The number of halogens is 2. The van der Waals surface area contributed by atoms with Crippen LogP contribution in [0.2, 0.25) is 5.02 Å². The van der Waals surface area contributed by atoms with Gasteiger partial charge in [-0.1, -0.05) is 29.8 Å². The number of carbonyl (C=O) groups excluding carboxylic acids is 1. The van der Waals surface area contributed by atoms with Crippen LogP contribution < -0.4 is 11.1 Å². The number of hydrogen-bond acceptors (Lipinski definition) is 3. The molecule has 0 saturated carbocycles. The van der Waals surface area contributed by atoms with Crippen molar-refractivity contribution in [3.63, 3.8) is 0 Å². The summed E-state index contributed by atoms with van der Waals surface area (Å²) in [6, 6.07) is 12.5. The third-order valence-electron chi connectivity index (χ3n) is 2.72. The molecule has 0 unspecified atom stereocenters. The molecule has 0 radical (unpaired) electrons. The minimum absolute atomic E-state index is 0.0535. The van der Waals surface area contributed by atoms with Gasteiger partial charge < -0.3 is 15.8 Å². The van der Waals surface area contributed by atoms with Crippen LogP contribution in [0.5, 0.6) is 0 Å². The predicted molar refractivity (Wildman–Crippen MR) is 88.3 cm³/mol. The van der Waals surface area contributed by atoms with Crippen LogP contribution >= 0.6 is 27.5 Å². The molecule has 4 nitrogen and oxygen atoms in total. The number of nitrogen functional groups attached to an aromatic ring is 1. The Morgan fingerprint density at radius 2 is 2.05 bits per heavy atom. The first-order valence-corrected chi connectivity index (χ1v) is 7.39. The minimum atomic E-state index is -0.243. The van der Waals surface area contributed by atoms with Gasteiger partial charge in [-0.3, -0.25) is 4.79 Å². The predicted octanol–water partition coefficient (Wildman–Crippen LogP) is 3.84. The number of nitrogens with one attached hydrogen (secondary N) is 1. The summed E-state index contributed by atoms with van der Waals surface area (Å²) in [7, 11) is 0. The first kappa shape index (κ1) is 15.8. The molecule has 0 aromatic heterocycles. The van der Waals surface area contributed by atoms with E-state index in [-0.39, 0.29) is 19.1 Å².